The number of nitriles is 1. The Bertz CT molecular complexity index is 677. The quantitative estimate of drug-likeness (QED) is 0.909. The molecule has 0 heterocycles. The maximum absolute atomic E-state index is 12.2. The number of carbonyl (C=O) groups excluding carboxylic acids is 1. The minimum atomic E-state index is -0.699. The summed E-state index contributed by atoms with van der Waals surface area (Å²) in [5.41, 5.74) is 2.66. The molecular formula is C17H15BrN2O. The maximum atomic E-state index is 12.2. The van der Waals surface area contributed by atoms with Crippen LogP contribution in [0, 0.1) is 24.2 Å². The summed E-state index contributed by atoms with van der Waals surface area (Å²) in [5, 5.41) is 12.1. The van der Waals surface area contributed by atoms with Crippen molar-refractivity contribution in [2.45, 2.75) is 13.3 Å². The first-order valence-electron chi connectivity index (χ1n) is 6.60. The van der Waals surface area contributed by atoms with Gasteiger partial charge in [0, 0.05) is 10.2 Å². The van der Waals surface area contributed by atoms with Crippen molar-refractivity contribution in [2.24, 2.45) is 5.92 Å². The molecule has 0 spiro atoms. The lowest BCUT2D eigenvalue weighted by molar-refractivity contribution is -0.118. The lowest BCUT2D eigenvalue weighted by Crippen LogP contribution is -2.23. The Morgan fingerprint density at radius 3 is 2.62 bits per heavy atom. The van der Waals surface area contributed by atoms with Crippen molar-refractivity contribution in [2.75, 3.05) is 5.32 Å². The molecule has 0 saturated carbocycles. The smallest absolute Gasteiger partial charge is 0.242 e. The van der Waals surface area contributed by atoms with E-state index in [-0.39, 0.29) is 5.91 Å². The fourth-order valence-electron chi connectivity index (χ4n) is 2.03. The van der Waals surface area contributed by atoms with E-state index in [0.717, 1.165) is 21.3 Å². The molecule has 2 rings (SSSR count). The number of amides is 1. The molecule has 2 aromatic rings. The molecule has 1 N–H and O–H groups in total. The summed E-state index contributed by atoms with van der Waals surface area (Å²) in [6, 6.07) is 17.3. The lowest BCUT2D eigenvalue weighted by atomic mass is 9.99. The minimum Gasteiger partial charge on any atom is -0.325 e. The van der Waals surface area contributed by atoms with E-state index < -0.39 is 5.92 Å². The number of nitrogens with zero attached hydrogens (tertiary/aromatic N) is 1. The van der Waals surface area contributed by atoms with Crippen molar-refractivity contribution in [3.05, 3.63) is 64.1 Å². The van der Waals surface area contributed by atoms with E-state index >= 15 is 0 Å². The molecular weight excluding hydrogens is 328 g/mol. The van der Waals surface area contributed by atoms with Crippen LogP contribution in [-0.2, 0) is 11.2 Å². The van der Waals surface area contributed by atoms with Crippen LogP contribution in [0.25, 0.3) is 0 Å². The fourth-order valence-corrected chi connectivity index (χ4v) is 2.51. The van der Waals surface area contributed by atoms with Crippen LogP contribution in [0.4, 0.5) is 5.69 Å². The molecule has 1 unspecified atom stereocenters. The van der Waals surface area contributed by atoms with E-state index in [1.165, 1.54) is 0 Å². The highest BCUT2D eigenvalue weighted by Gasteiger charge is 2.19. The van der Waals surface area contributed by atoms with Crippen molar-refractivity contribution >= 4 is 27.5 Å². The number of rotatable bonds is 4. The fraction of sp³-hybridized carbons (Fsp3) is 0.176. The van der Waals surface area contributed by atoms with Crippen LogP contribution in [0.1, 0.15) is 11.1 Å². The molecule has 0 radical (unpaired) electrons. The van der Waals surface area contributed by atoms with E-state index in [9.17, 15) is 10.1 Å². The highest BCUT2D eigenvalue weighted by Crippen LogP contribution is 2.21. The zero-order valence-electron chi connectivity index (χ0n) is 11.6. The summed E-state index contributed by atoms with van der Waals surface area (Å²) in [5.74, 6) is -0.970. The van der Waals surface area contributed by atoms with Crippen LogP contribution in [0.2, 0.25) is 0 Å². The molecule has 1 atom stereocenters. The summed E-state index contributed by atoms with van der Waals surface area (Å²) in [4.78, 5) is 12.2. The summed E-state index contributed by atoms with van der Waals surface area (Å²) in [7, 11) is 0. The van der Waals surface area contributed by atoms with Crippen molar-refractivity contribution in [3.8, 4) is 6.07 Å². The Morgan fingerprint density at radius 2 is 2.00 bits per heavy atom. The second-order valence-electron chi connectivity index (χ2n) is 4.82. The normalized spacial score (nSPS) is 11.5. The first kappa shape index (κ1) is 15.3. The average molecular weight is 343 g/mol. The number of hydrogen-bond donors (Lipinski definition) is 1. The molecule has 0 aliphatic heterocycles. The average Bonchev–Trinajstić information content (AvgIpc) is 2.48. The second-order valence-corrected chi connectivity index (χ2v) is 5.74. The number of halogens is 1. The number of aryl methyl sites for hydroxylation is 1. The summed E-state index contributed by atoms with van der Waals surface area (Å²) >= 11 is 3.38. The van der Waals surface area contributed by atoms with Gasteiger partial charge in [-0.25, -0.2) is 0 Å². The van der Waals surface area contributed by atoms with Crippen molar-refractivity contribution in [1.29, 1.82) is 5.26 Å². The number of nitrogens with one attached hydrogen (secondary N) is 1. The highest BCUT2D eigenvalue weighted by molar-refractivity contribution is 9.10. The van der Waals surface area contributed by atoms with Crippen molar-refractivity contribution < 1.29 is 4.79 Å². The van der Waals surface area contributed by atoms with Gasteiger partial charge in [0.1, 0.15) is 5.92 Å². The van der Waals surface area contributed by atoms with Gasteiger partial charge in [0.05, 0.1) is 6.07 Å². The molecule has 3 nitrogen and oxygen atoms in total. The Kier molecular flexibility index (Phi) is 5.13. The SMILES string of the molecule is Cc1cc(Br)ccc1NC(=O)C(C#N)Cc1ccccc1. The van der Waals surface area contributed by atoms with E-state index in [1.54, 1.807) is 0 Å². The first-order chi connectivity index (χ1) is 10.1. The molecule has 0 saturated heterocycles. The lowest BCUT2D eigenvalue weighted by Gasteiger charge is -2.12. The van der Waals surface area contributed by atoms with Crippen LogP contribution in [-0.4, -0.2) is 5.91 Å². The van der Waals surface area contributed by atoms with Gasteiger partial charge < -0.3 is 5.32 Å². The Labute approximate surface area is 132 Å². The molecule has 0 bridgehead atoms. The Balaban J connectivity index is 2.09. The zero-order valence-corrected chi connectivity index (χ0v) is 13.2. The number of benzene rings is 2. The third kappa shape index (κ3) is 4.17. The third-order valence-electron chi connectivity index (χ3n) is 3.20. The van der Waals surface area contributed by atoms with Crippen LogP contribution in [0.3, 0.4) is 0 Å². The van der Waals surface area contributed by atoms with Crippen molar-refractivity contribution in [1.82, 2.24) is 0 Å². The maximum Gasteiger partial charge on any atom is 0.242 e. The predicted octanol–water partition coefficient (Wildman–Crippen LogP) is 4.08. The van der Waals surface area contributed by atoms with E-state index in [0.29, 0.717) is 6.42 Å². The van der Waals surface area contributed by atoms with Crippen LogP contribution in [0.5, 0.6) is 0 Å². The van der Waals surface area contributed by atoms with Gasteiger partial charge in [-0.3, -0.25) is 4.79 Å². The molecule has 0 aromatic heterocycles. The first-order valence-corrected chi connectivity index (χ1v) is 7.40. The van der Waals surface area contributed by atoms with E-state index in [1.807, 2.05) is 55.5 Å². The van der Waals surface area contributed by atoms with Gasteiger partial charge in [0.2, 0.25) is 5.91 Å². The molecule has 106 valence electrons. The summed E-state index contributed by atoms with van der Waals surface area (Å²) in [6.45, 7) is 1.92. The number of anilines is 1. The second kappa shape index (κ2) is 7.05. The largest absolute Gasteiger partial charge is 0.325 e. The van der Waals surface area contributed by atoms with Crippen LogP contribution < -0.4 is 5.32 Å². The third-order valence-corrected chi connectivity index (χ3v) is 3.69. The van der Waals surface area contributed by atoms with E-state index in [2.05, 4.69) is 27.3 Å². The predicted molar refractivity (Wildman–Crippen MR) is 86.8 cm³/mol. The van der Waals surface area contributed by atoms with Gasteiger partial charge in [-0.1, -0.05) is 46.3 Å². The van der Waals surface area contributed by atoms with Crippen LogP contribution >= 0.6 is 15.9 Å². The summed E-state index contributed by atoms with van der Waals surface area (Å²) < 4.78 is 0.958. The molecule has 4 heteroatoms. The molecule has 21 heavy (non-hydrogen) atoms. The topological polar surface area (TPSA) is 52.9 Å². The molecule has 1 amide bonds. The Morgan fingerprint density at radius 1 is 1.29 bits per heavy atom. The van der Waals surface area contributed by atoms with Gasteiger partial charge in [0.15, 0.2) is 0 Å². The number of carbonyl (C=O) groups is 1. The van der Waals surface area contributed by atoms with Gasteiger partial charge >= 0.3 is 0 Å². The standard InChI is InChI=1S/C17H15BrN2O/c1-12-9-15(18)7-8-16(12)20-17(21)14(11-19)10-13-5-3-2-4-6-13/h2-9,14H,10H2,1H3,(H,20,21). The Hall–Kier alpha value is -2.12. The highest BCUT2D eigenvalue weighted by atomic mass is 79.9. The monoisotopic (exact) mass is 342 g/mol. The number of hydrogen-bond acceptors (Lipinski definition) is 2. The van der Waals surface area contributed by atoms with Crippen LogP contribution in [0.15, 0.2) is 53.0 Å². The van der Waals surface area contributed by atoms with Gasteiger partial charge in [-0.05, 0) is 42.7 Å². The zero-order chi connectivity index (χ0) is 15.2. The molecule has 2 aromatic carbocycles. The molecule has 0 aliphatic carbocycles. The molecule has 0 aliphatic rings. The van der Waals surface area contributed by atoms with Gasteiger partial charge in [-0.2, -0.15) is 5.26 Å². The van der Waals surface area contributed by atoms with Gasteiger partial charge in [-0.15, -0.1) is 0 Å². The van der Waals surface area contributed by atoms with Gasteiger partial charge in [0.25, 0.3) is 0 Å². The van der Waals surface area contributed by atoms with Crippen molar-refractivity contribution in [3.63, 3.8) is 0 Å². The molecule has 0 fully saturated rings. The summed E-state index contributed by atoms with van der Waals surface area (Å²) in [6.07, 6.45) is 0.415. The minimum absolute atomic E-state index is 0.272. The van der Waals surface area contributed by atoms with E-state index in [4.69, 9.17) is 0 Å².